The first-order valence-corrected chi connectivity index (χ1v) is 8.81. The van der Waals surface area contributed by atoms with Crippen molar-refractivity contribution in [1.82, 2.24) is 5.32 Å². The Kier molecular flexibility index (Phi) is 5.55. The van der Waals surface area contributed by atoms with Crippen LogP contribution in [-0.2, 0) is 4.79 Å². The van der Waals surface area contributed by atoms with Crippen LogP contribution >= 0.6 is 11.8 Å². The molecular weight excluding hydrogens is 384 g/mol. The zero-order valence-corrected chi connectivity index (χ0v) is 15.7. The number of carboxylic acid groups (broad SMARTS) is 1. The van der Waals surface area contributed by atoms with Crippen LogP contribution in [0.4, 0.5) is 5.69 Å². The van der Waals surface area contributed by atoms with Gasteiger partial charge in [-0.15, -0.1) is 0 Å². The van der Waals surface area contributed by atoms with Crippen LogP contribution in [0, 0.1) is 0 Å². The van der Waals surface area contributed by atoms with E-state index in [4.69, 9.17) is 14.6 Å². The number of amidine groups is 1. The number of ether oxygens (including phenoxy) is 2. The number of aromatic carboxylic acids is 1. The number of aromatic hydroxyl groups is 1. The molecular formula is C19H16N2O6S. The highest BCUT2D eigenvalue weighted by molar-refractivity contribution is 8.18. The summed E-state index contributed by atoms with van der Waals surface area (Å²) in [6.07, 6.45) is 1.63. The molecule has 0 bridgehead atoms. The van der Waals surface area contributed by atoms with E-state index in [1.54, 1.807) is 30.3 Å². The number of benzene rings is 2. The highest BCUT2D eigenvalue weighted by Gasteiger charge is 2.24. The average molecular weight is 400 g/mol. The second-order valence-corrected chi connectivity index (χ2v) is 6.64. The summed E-state index contributed by atoms with van der Waals surface area (Å²) in [4.78, 5) is 27.8. The van der Waals surface area contributed by atoms with Gasteiger partial charge in [-0.2, -0.15) is 0 Å². The van der Waals surface area contributed by atoms with Gasteiger partial charge in [0.05, 0.1) is 30.4 Å². The normalized spacial score (nSPS) is 16.3. The summed E-state index contributed by atoms with van der Waals surface area (Å²) in [5, 5.41) is 21.9. The molecule has 0 radical (unpaired) electrons. The van der Waals surface area contributed by atoms with Crippen molar-refractivity contribution in [2.45, 2.75) is 0 Å². The van der Waals surface area contributed by atoms with Crippen LogP contribution in [0.2, 0.25) is 0 Å². The first-order valence-electron chi connectivity index (χ1n) is 7.99. The van der Waals surface area contributed by atoms with Crippen molar-refractivity contribution in [2.75, 3.05) is 14.2 Å². The lowest BCUT2D eigenvalue weighted by atomic mass is 10.1. The molecule has 1 saturated heterocycles. The summed E-state index contributed by atoms with van der Waals surface area (Å²) < 4.78 is 10.2. The Morgan fingerprint density at radius 3 is 2.29 bits per heavy atom. The van der Waals surface area contributed by atoms with Crippen molar-refractivity contribution in [3.8, 4) is 17.2 Å². The molecule has 2 aromatic rings. The van der Waals surface area contributed by atoms with Crippen molar-refractivity contribution in [3.05, 3.63) is 52.4 Å². The molecule has 9 heteroatoms. The van der Waals surface area contributed by atoms with Crippen LogP contribution < -0.4 is 14.8 Å². The molecule has 0 aromatic heterocycles. The van der Waals surface area contributed by atoms with Crippen molar-refractivity contribution < 1.29 is 29.3 Å². The van der Waals surface area contributed by atoms with Gasteiger partial charge in [0.1, 0.15) is 0 Å². The number of nitrogens with one attached hydrogen (secondary N) is 1. The quantitative estimate of drug-likeness (QED) is 0.661. The number of phenolic OH excluding ortho intramolecular Hbond substituents is 1. The maximum absolute atomic E-state index is 12.2. The van der Waals surface area contributed by atoms with E-state index >= 15 is 0 Å². The molecule has 1 fully saturated rings. The van der Waals surface area contributed by atoms with Crippen molar-refractivity contribution in [2.24, 2.45) is 4.99 Å². The number of amides is 1. The number of aliphatic imine (C=N–C) groups is 1. The molecule has 1 aliphatic heterocycles. The SMILES string of the molecule is COc1cc(/C=C2\SC(=Nc3ccc(C(=O)O)cc3)NC2=O)cc(OC)c1O. The Hall–Kier alpha value is -3.46. The summed E-state index contributed by atoms with van der Waals surface area (Å²) >= 11 is 1.14. The number of nitrogens with zero attached hydrogens (tertiary/aromatic N) is 1. The highest BCUT2D eigenvalue weighted by Crippen LogP contribution is 2.38. The van der Waals surface area contributed by atoms with Crippen molar-refractivity contribution in [1.29, 1.82) is 0 Å². The Morgan fingerprint density at radius 2 is 1.75 bits per heavy atom. The minimum absolute atomic E-state index is 0.122. The number of phenols is 1. The number of thioether (sulfide) groups is 1. The second-order valence-electron chi connectivity index (χ2n) is 5.61. The first-order chi connectivity index (χ1) is 13.4. The molecule has 28 heavy (non-hydrogen) atoms. The Bertz CT molecular complexity index is 973. The van der Waals surface area contributed by atoms with E-state index < -0.39 is 5.97 Å². The van der Waals surface area contributed by atoms with E-state index in [1.807, 2.05) is 0 Å². The molecule has 0 atom stereocenters. The van der Waals surface area contributed by atoms with Crippen LogP contribution in [-0.4, -0.2) is 41.5 Å². The predicted molar refractivity (Wildman–Crippen MR) is 105 cm³/mol. The van der Waals surface area contributed by atoms with E-state index in [9.17, 15) is 14.7 Å². The number of carbonyl (C=O) groups is 2. The number of rotatable bonds is 5. The van der Waals surface area contributed by atoms with Gasteiger partial charge in [-0.3, -0.25) is 4.79 Å². The van der Waals surface area contributed by atoms with Gasteiger partial charge in [-0.25, -0.2) is 9.79 Å². The molecule has 144 valence electrons. The zero-order chi connectivity index (χ0) is 20.3. The minimum atomic E-state index is -1.02. The van der Waals surface area contributed by atoms with E-state index in [0.717, 1.165) is 11.8 Å². The highest BCUT2D eigenvalue weighted by atomic mass is 32.2. The van der Waals surface area contributed by atoms with E-state index in [0.29, 0.717) is 21.3 Å². The van der Waals surface area contributed by atoms with Gasteiger partial charge < -0.3 is 25.0 Å². The molecule has 1 heterocycles. The van der Waals surface area contributed by atoms with Gasteiger partial charge in [0, 0.05) is 0 Å². The van der Waals surface area contributed by atoms with Gasteiger partial charge in [0.25, 0.3) is 5.91 Å². The van der Waals surface area contributed by atoms with Crippen molar-refractivity contribution in [3.63, 3.8) is 0 Å². The van der Waals surface area contributed by atoms with E-state index in [2.05, 4.69) is 10.3 Å². The van der Waals surface area contributed by atoms with Gasteiger partial charge in [0.2, 0.25) is 5.75 Å². The Labute approximate surface area is 164 Å². The van der Waals surface area contributed by atoms with Crippen LogP contribution in [0.15, 0.2) is 46.3 Å². The largest absolute Gasteiger partial charge is 0.502 e. The van der Waals surface area contributed by atoms with Crippen LogP contribution in [0.5, 0.6) is 17.2 Å². The minimum Gasteiger partial charge on any atom is -0.502 e. The molecule has 1 aliphatic rings. The lowest BCUT2D eigenvalue weighted by molar-refractivity contribution is -0.115. The summed E-state index contributed by atoms with van der Waals surface area (Å²) in [5.74, 6) is -1.02. The van der Waals surface area contributed by atoms with Gasteiger partial charge >= 0.3 is 5.97 Å². The molecule has 1 amide bonds. The van der Waals surface area contributed by atoms with Gasteiger partial charge in [-0.1, -0.05) is 0 Å². The molecule has 8 nitrogen and oxygen atoms in total. The fraction of sp³-hybridized carbons (Fsp3) is 0.105. The smallest absolute Gasteiger partial charge is 0.335 e. The molecule has 0 unspecified atom stereocenters. The lowest BCUT2D eigenvalue weighted by Gasteiger charge is -2.09. The van der Waals surface area contributed by atoms with Crippen LogP contribution in [0.3, 0.4) is 0 Å². The summed E-state index contributed by atoms with van der Waals surface area (Å²) in [5.41, 5.74) is 1.28. The molecule has 3 rings (SSSR count). The third-order valence-electron chi connectivity index (χ3n) is 3.80. The third kappa shape index (κ3) is 4.09. The fourth-order valence-electron chi connectivity index (χ4n) is 2.42. The monoisotopic (exact) mass is 400 g/mol. The van der Waals surface area contributed by atoms with E-state index in [1.165, 1.54) is 26.4 Å². The van der Waals surface area contributed by atoms with Crippen LogP contribution in [0.25, 0.3) is 6.08 Å². The molecule has 2 aromatic carbocycles. The summed E-state index contributed by atoms with van der Waals surface area (Å²) in [6.45, 7) is 0. The second kappa shape index (κ2) is 8.05. The Morgan fingerprint density at radius 1 is 1.14 bits per heavy atom. The molecule has 0 spiro atoms. The molecule has 0 saturated carbocycles. The van der Waals surface area contributed by atoms with Gasteiger partial charge in [0.15, 0.2) is 16.7 Å². The number of carbonyl (C=O) groups excluding carboxylic acids is 1. The topological polar surface area (TPSA) is 117 Å². The zero-order valence-electron chi connectivity index (χ0n) is 14.9. The summed E-state index contributed by atoms with van der Waals surface area (Å²) in [6, 6.07) is 9.15. The van der Waals surface area contributed by atoms with Gasteiger partial charge in [-0.05, 0) is 59.8 Å². The number of hydrogen-bond acceptors (Lipinski definition) is 7. The maximum Gasteiger partial charge on any atom is 0.335 e. The van der Waals surface area contributed by atoms with Crippen molar-refractivity contribution >= 4 is 40.6 Å². The first kappa shape index (κ1) is 19.3. The lowest BCUT2D eigenvalue weighted by Crippen LogP contribution is -2.19. The fourth-order valence-corrected chi connectivity index (χ4v) is 3.27. The average Bonchev–Trinajstić information content (AvgIpc) is 3.02. The number of hydrogen-bond donors (Lipinski definition) is 3. The summed E-state index contributed by atoms with van der Waals surface area (Å²) in [7, 11) is 2.84. The van der Waals surface area contributed by atoms with E-state index in [-0.39, 0.29) is 28.7 Å². The standard InChI is InChI=1S/C19H16N2O6S/c1-26-13-7-10(8-14(27-2)16(13)22)9-15-17(23)21-19(28-15)20-12-5-3-11(4-6-12)18(24)25/h3-9,22H,1-2H3,(H,24,25)(H,20,21,23)/b15-9-. The van der Waals surface area contributed by atoms with Crippen LogP contribution in [0.1, 0.15) is 15.9 Å². The molecule has 3 N–H and O–H groups in total. The number of methoxy groups -OCH3 is 2. The maximum atomic E-state index is 12.2. The third-order valence-corrected chi connectivity index (χ3v) is 4.71. The molecule has 0 aliphatic carbocycles. The predicted octanol–water partition coefficient (Wildman–Crippen LogP) is 3.00. The Balaban J connectivity index is 1.85. The number of carboxylic acids is 1.